The van der Waals surface area contributed by atoms with E-state index < -0.39 is 10.0 Å². The van der Waals surface area contributed by atoms with E-state index in [1.807, 2.05) is 7.05 Å². The van der Waals surface area contributed by atoms with E-state index >= 15 is 0 Å². The van der Waals surface area contributed by atoms with Crippen LogP contribution in [0, 0.1) is 0 Å². The van der Waals surface area contributed by atoms with Crippen molar-refractivity contribution in [1.29, 1.82) is 0 Å². The number of hydrogen-bond acceptors (Lipinski definition) is 4. The molecule has 1 aromatic carbocycles. The first-order valence-electron chi connectivity index (χ1n) is 6.13. The van der Waals surface area contributed by atoms with Gasteiger partial charge in [-0.2, -0.15) is 0 Å². The number of sulfonamides is 1. The highest BCUT2D eigenvalue weighted by atomic mass is 79.9. The summed E-state index contributed by atoms with van der Waals surface area (Å²) in [6.45, 7) is 2.42. The molecule has 0 aromatic heterocycles. The quantitative estimate of drug-likeness (QED) is 0.860. The van der Waals surface area contributed by atoms with Crippen molar-refractivity contribution in [2.75, 3.05) is 33.3 Å². The van der Waals surface area contributed by atoms with Gasteiger partial charge in [-0.1, -0.05) is 27.5 Å². The first kappa shape index (κ1) is 16.2. The number of rotatable bonds is 4. The van der Waals surface area contributed by atoms with Crippen LogP contribution >= 0.6 is 27.5 Å². The lowest BCUT2D eigenvalue weighted by Gasteiger charge is -2.30. The summed E-state index contributed by atoms with van der Waals surface area (Å²) >= 11 is 9.22. The van der Waals surface area contributed by atoms with Crippen molar-refractivity contribution in [3.63, 3.8) is 0 Å². The average Bonchev–Trinajstić information content (AvgIpc) is 2.36. The molecule has 1 unspecified atom stereocenters. The highest BCUT2D eigenvalue weighted by molar-refractivity contribution is 9.10. The Hall–Kier alpha value is -0.180. The molecule has 0 amide bonds. The summed E-state index contributed by atoms with van der Waals surface area (Å²) in [6, 6.07) is 4.68. The zero-order valence-electron chi connectivity index (χ0n) is 11.0. The van der Waals surface area contributed by atoms with Gasteiger partial charge in [0.2, 0.25) is 10.0 Å². The van der Waals surface area contributed by atoms with E-state index in [2.05, 4.69) is 25.6 Å². The smallest absolute Gasteiger partial charge is 0.242 e. The molecule has 112 valence electrons. The van der Waals surface area contributed by atoms with Gasteiger partial charge in [0.1, 0.15) is 4.90 Å². The number of likely N-dealkylation sites (N-methyl/N-ethyl adjacent to an activating group) is 1. The highest BCUT2D eigenvalue weighted by Gasteiger charge is 2.22. The van der Waals surface area contributed by atoms with Crippen LogP contribution in [0.15, 0.2) is 27.6 Å². The lowest BCUT2D eigenvalue weighted by molar-refractivity contribution is -0.0156. The molecule has 20 heavy (non-hydrogen) atoms. The van der Waals surface area contributed by atoms with Crippen molar-refractivity contribution in [2.45, 2.75) is 11.0 Å². The van der Waals surface area contributed by atoms with Crippen molar-refractivity contribution >= 4 is 37.6 Å². The minimum absolute atomic E-state index is 0.0755. The Morgan fingerprint density at radius 2 is 2.30 bits per heavy atom. The Morgan fingerprint density at radius 3 is 2.95 bits per heavy atom. The van der Waals surface area contributed by atoms with Gasteiger partial charge in [0.15, 0.2) is 0 Å². The molecule has 1 aromatic rings. The predicted molar refractivity (Wildman–Crippen MR) is 81.6 cm³/mol. The van der Waals surface area contributed by atoms with Crippen LogP contribution in [0.25, 0.3) is 0 Å². The average molecular weight is 384 g/mol. The SMILES string of the molecule is CN1CCOC(CNS(=O)(=O)c2ccc(Br)cc2Cl)C1. The van der Waals surface area contributed by atoms with Crippen molar-refractivity contribution in [3.05, 3.63) is 27.7 Å². The van der Waals surface area contributed by atoms with Gasteiger partial charge in [-0.15, -0.1) is 0 Å². The van der Waals surface area contributed by atoms with E-state index in [0.29, 0.717) is 13.2 Å². The Bertz CT molecular complexity index is 582. The Morgan fingerprint density at radius 1 is 1.55 bits per heavy atom. The standard InChI is InChI=1S/C12H16BrClN2O3S/c1-16-4-5-19-10(8-16)7-15-20(17,18)12-3-2-9(13)6-11(12)14/h2-3,6,10,15H,4-5,7-8H2,1H3. The number of benzene rings is 1. The number of ether oxygens (including phenoxy) is 1. The second-order valence-electron chi connectivity index (χ2n) is 4.68. The summed E-state index contributed by atoms with van der Waals surface area (Å²) in [5.74, 6) is 0. The van der Waals surface area contributed by atoms with Gasteiger partial charge in [0.05, 0.1) is 17.7 Å². The van der Waals surface area contributed by atoms with Crippen molar-refractivity contribution in [1.82, 2.24) is 9.62 Å². The molecule has 1 N–H and O–H groups in total. The highest BCUT2D eigenvalue weighted by Crippen LogP contribution is 2.25. The van der Waals surface area contributed by atoms with E-state index in [0.717, 1.165) is 11.0 Å². The molecule has 1 atom stereocenters. The van der Waals surface area contributed by atoms with Crippen LogP contribution in [0.3, 0.4) is 0 Å². The zero-order chi connectivity index (χ0) is 14.8. The third-order valence-corrected chi connectivity index (χ3v) is 5.43. The van der Waals surface area contributed by atoms with Gasteiger partial charge in [0.25, 0.3) is 0 Å². The topological polar surface area (TPSA) is 58.6 Å². The Labute approximate surface area is 132 Å². The molecule has 0 bridgehead atoms. The number of halogens is 2. The maximum atomic E-state index is 12.2. The molecule has 0 spiro atoms. The monoisotopic (exact) mass is 382 g/mol. The number of hydrogen-bond donors (Lipinski definition) is 1. The summed E-state index contributed by atoms with van der Waals surface area (Å²) in [5, 5.41) is 0.188. The molecule has 1 fully saturated rings. The molecule has 0 saturated carbocycles. The van der Waals surface area contributed by atoms with Crippen LogP contribution in [0.4, 0.5) is 0 Å². The lowest BCUT2D eigenvalue weighted by Crippen LogP contribution is -2.45. The minimum atomic E-state index is -3.63. The van der Waals surface area contributed by atoms with Crippen LogP contribution in [-0.2, 0) is 14.8 Å². The van der Waals surface area contributed by atoms with E-state index in [9.17, 15) is 8.42 Å². The number of nitrogens with one attached hydrogen (secondary N) is 1. The molecule has 0 aliphatic carbocycles. The molecular formula is C12H16BrClN2O3S. The fourth-order valence-electron chi connectivity index (χ4n) is 1.96. The number of nitrogens with zero attached hydrogens (tertiary/aromatic N) is 1. The molecule has 1 aliphatic rings. The fraction of sp³-hybridized carbons (Fsp3) is 0.500. The summed E-state index contributed by atoms with van der Waals surface area (Å²) in [7, 11) is -1.64. The molecule has 2 rings (SSSR count). The molecule has 8 heteroatoms. The van der Waals surface area contributed by atoms with Crippen LogP contribution in [0.5, 0.6) is 0 Å². The lowest BCUT2D eigenvalue weighted by atomic mass is 10.3. The Balaban J connectivity index is 2.03. The normalized spacial score (nSPS) is 21.1. The molecular weight excluding hydrogens is 368 g/mol. The summed E-state index contributed by atoms with van der Waals surface area (Å²) in [4.78, 5) is 2.18. The maximum absolute atomic E-state index is 12.2. The molecule has 1 aliphatic heterocycles. The van der Waals surface area contributed by atoms with Crippen molar-refractivity contribution in [2.24, 2.45) is 0 Å². The Kier molecular flexibility index (Phi) is 5.44. The van der Waals surface area contributed by atoms with Crippen LogP contribution in [-0.4, -0.2) is 52.7 Å². The van der Waals surface area contributed by atoms with Gasteiger partial charge < -0.3 is 9.64 Å². The largest absolute Gasteiger partial charge is 0.374 e. The first-order valence-corrected chi connectivity index (χ1v) is 8.79. The van der Waals surface area contributed by atoms with Gasteiger partial charge in [-0.05, 0) is 25.2 Å². The van der Waals surface area contributed by atoms with Gasteiger partial charge >= 0.3 is 0 Å². The molecule has 5 nitrogen and oxygen atoms in total. The van der Waals surface area contributed by atoms with Gasteiger partial charge in [0, 0.05) is 24.1 Å². The zero-order valence-corrected chi connectivity index (χ0v) is 14.1. The maximum Gasteiger partial charge on any atom is 0.242 e. The molecule has 1 saturated heterocycles. The third kappa shape index (κ3) is 4.16. The third-order valence-electron chi connectivity index (χ3n) is 3.03. The van der Waals surface area contributed by atoms with Crippen molar-refractivity contribution in [3.8, 4) is 0 Å². The number of morpholine rings is 1. The van der Waals surface area contributed by atoms with E-state index in [4.69, 9.17) is 16.3 Å². The first-order chi connectivity index (χ1) is 9.38. The van der Waals surface area contributed by atoms with E-state index in [-0.39, 0.29) is 22.6 Å². The van der Waals surface area contributed by atoms with Gasteiger partial charge in [-0.3, -0.25) is 0 Å². The fourth-order valence-corrected chi connectivity index (χ4v) is 4.07. The van der Waals surface area contributed by atoms with Crippen LogP contribution in [0.1, 0.15) is 0 Å². The van der Waals surface area contributed by atoms with Gasteiger partial charge in [-0.25, -0.2) is 13.1 Å². The minimum Gasteiger partial charge on any atom is -0.374 e. The summed E-state index contributed by atoms with van der Waals surface area (Å²) in [6.07, 6.45) is -0.141. The summed E-state index contributed by atoms with van der Waals surface area (Å²) in [5.41, 5.74) is 0. The second kappa shape index (κ2) is 6.72. The second-order valence-corrected chi connectivity index (χ2v) is 7.74. The van der Waals surface area contributed by atoms with Crippen LogP contribution < -0.4 is 4.72 Å². The predicted octanol–water partition coefficient (Wildman–Crippen LogP) is 1.71. The summed E-state index contributed by atoms with van der Waals surface area (Å²) < 4.78 is 33.2. The van der Waals surface area contributed by atoms with Crippen LogP contribution in [0.2, 0.25) is 5.02 Å². The molecule has 0 radical (unpaired) electrons. The van der Waals surface area contributed by atoms with E-state index in [1.54, 1.807) is 12.1 Å². The molecule has 1 heterocycles. The van der Waals surface area contributed by atoms with Crippen molar-refractivity contribution < 1.29 is 13.2 Å². The van der Waals surface area contributed by atoms with E-state index in [1.165, 1.54) is 6.07 Å².